The molecule has 4 amide bonds. The zero-order valence-electron chi connectivity index (χ0n) is 68.9. The highest BCUT2D eigenvalue weighted by Gasteiger charge is 2.63. The van der Waals surface area contributed by atoms with Crippen LogP contribution in [0.2, 0.25) is 0 Å². The fourth-order valence-electron chi connectivity index (χ4n) is 16.4. The molecule has 51 atom stereocenters. The van der Waals surface area contributed by atoms with Gasteiger partial charge in [-0.2, -0.15) is 0 Å². The zero-order valence-corrected chi connectivity index (χ0v) is 68.9. The van der Waals surface area contributed by atoms with Gasteiger partial charge in [0.25, 0.3) is 5.79 Å². The maximum atomic E-state index is 13.2. The smallest absolute Gasteiger partial charge is 0.364 e. The summed E-state index contributed by atoms with van der Waals surface area (Å²) >= 11 is 0. The lowest BCUT2D eigenvalue weighted by Gasteiger charge is -2.51. The van der Waals surface area contributed by atoms with Gasteiger partial charge in [0.05, 0.1) is 78.2 Å². The van der Waals surface area contributed by atoms with Crippen LogP contribution in [0.5, 0.6) is 0 Å². The third kappa shape index (κ3) is 23.6. The van der Waals surface area contributed by atoms with Crippen molar-refractivity contribution in [1.82, 2.24) is 21.3 Å². The summed E-state index contributed by atoms with van der Waals surface area (Å²) in [5, 5.41) is 343. The van der Waals surface area contributed by atoms with Gasteiger partial charge >= 0.3 is 5.97 Å². The van der Waals surface area contributed by atoms with Gasteiger partial charge < -0.3 is 264 Å². The van der Waals surface area contributed by atoms with Crippen molar-refractivity contribution in [3.05, 3.63) is 0 Å². The van der Waals surface area contributed by atoms with E-state index in [0.29, 0.717) is 0 Å². The lowest BCUT2D eigenvalue weighted by molar-refractivity contribution is -0.399. The van der Waals surface area contributed by atoms with Crippen LogP contribution in [0, 0.1) is 0 Å². The molecule has 0 aromatic carbocycles. The summed E-state index contributed by atoms with van der Waals surface area (Å²) in [5.41, 5.74) is 0. The number of carboxylic acid groups (broad SMARTS) is 1. The molecule has 0 unspecified atom stereocenters. The van der Waals surface area contributed by atoms with E-state index >= 15 is 0 Å². The summed E-state index contributed by atoms with van der Waals surface area (Å²) in [4.78, 5) is 63.7. The van der Waals surface area contributed by atoms with Crippen LogP contribution in [0.25, 0.3) is 0 Å². The van der Waals surface area contributed by atoms with E-state index in [9.17, 15) is 177 Å². The summed E-state index contributed by atoms with van der Waals surface area (Å²) < 4.78 is 111. The van der Waals surface area contributed by atoms with Crippen LogP contribution in [-0.4, -0.2) is 561 Å². The van der Waals surface area contributed by atoms with Crippen molar-refractivity contribution >= 4 is 29.6 Å². The molecule has 10 aliphatic heterocycles. The van der Waals surface area contributed by atoms with Gasteiger partial charge in [-0.25, -0.2) is 4.79 Å². The number of aliphatic hydroxyl groups is 29. The molecule has 0 spiro atoms. The molecule has 58 nitrogen and oxygen atoms in total. The molecular formula is C71H118N4O54. The molecule has 10 heterocycles. The molecule has 10 fully saturated rings. The monoisotopic (exact) mass is 1890 g/mol. The summed E-state index contributed by atoms with van der Waals surface area (Å²) in [6.45, 7) is -7.86. The lowest BCUT2D eigenvalue weighted by Crippen LogP contribution is -2.71. The molecule has 10 saturated heterocycles. The first-order valence-corrected chi connectivity index (χ1v) is 40.8. The first kappa shape index (κ1) is 106. The molecule has 10 aliphatic rings. The molecule has 0 saturated carbocycles. The topological polar surface area (TPSA) is 916 Å². The van der Waals surface area contributed by atoms with Gasteiger partial charge in [0.1, 0.15) is 238 Å². The third-order valence-electron chi connectivity index (χ3n) is 23.4. The highest BCUT2D eigenvalue weighted by molar-refractivity contribution is 5.77. The zero-order chi connectivity index (χ0) is 95.3. The second-order valence-electron chi connectivity index (χ2n) is 32.5. The Hall–Kier alpha value is -4.57. The number of amides is 4. The van der Waals surface area contributed by atoms with E-state index in [0.717, 1.165) is 27.7 Å². The summed E-state index contributed by atoms with van der Waals surface area (Å²) in [5.74, 6) is -8.88. The third-order valence-corrected chi connectivity index (χ3v) is 23.4. The normalized spacial score (nSPS) is 48.1. The van der Waals surface area contributed by atoms with Crippen molar-refractivity contribution in [3.8, 4) is 0 Å². The number of carboxylic acids is 1. The van der Waals surface area contributed by atoms with E-state index in [-0.39, 0.29) is 0 Å². The number of ether oxygens (including phenoxy) is 19. The maximum absolute atomic E-state index is 13.2. The van der Waals surface area contributed by atoms with Gasteiger partial charge in [0.2, 0.25) is 23.6 Å². The molecule has 0 aliphatic carbocycles. The predicted molar refractivity (Wildman–Crippen MR) is 393 cm³/mol. The highest BCUT2D eigenvalue weighted by atomic mass is 16.8. The minimum Gasteiger partial charge on any atom is -0.477 e. The predicted octanol–water partition coefficient (Wildman–Crippen LogP) is -23.0. The second-order valence-corrected chi connectivity index (χ2v) is 32.5. The van der Waals surface area contributed by atoms with E-state index in [2.05, 4.69) is 21.3 Å². The van der Waals surface area contributed by atoms with Crippen LogP contribution in [0.4, 0.5) is 0 Å². The Bertz CT molecular complexity index is 3550. The average molecular weight is 1890 g/mol. The summed E-state index contributed by atoms with van der Waals surface area (Å²) in [6.07, 6.45) is -102. The largest absolute Gasteiger partial charge is 0.477 e. The quantitative estimate of drug-likeness (QED) is 0.0280. The van der Waals surface area contributed by atoms with Gasteiger partial charge in [0, 0.05) is 34.1 Å². The lowest BCUT2D eigenvalue weighted by atomic mass is 9.88. The number of hydrogen-bond acceptors (Lipinski definition) is 53. The number of aliphatic hydroxyl groups excluding tert-OH is 29. The molecule has 10 rings (SSSR count). The molecule has 0 bridgehead atoms. The van der Waals surface area contributed by atoms with Crippen molar-refractivity contribution in [1.29, 1.82) is 0 Å². The fraction of sp³-hybridized carbons (Fsp3) is 0.930. The van der Waals surface area contributed by atoms with E-state index in [4.69, 9.17) is 90.0 Å². The van der Waals surface area contributed by atoms with Crippen LogP contribution >= 0.6 is 0 Å². The molecule has 0 aromatic rings. The number of nitrogens with one attached hydrogen (secondary N) is 4. The Morgan fingerprint density at radius 2 is 0.628 bits per heavy atom. The average Bonchev–Trinajstić information content (AvgIpc) is 1.29. The van der Waals surface area contributed by atoms with Crippen molar-refractivity contribution in [3.63, 3.8) is 0 Å². The number of rotatable bonds is 35. The Morgan fingerprint density at radius 3 is 1.06 bits per heavy atom. The first-order chi connectivity index (χ1) is 60.8. The minimum absolute atomic E-state index is 0.815. The molecule has 58 heteroatoms. The minimum atomic E-state index is -3.11. The van der Waals surface area contributed by atoms with Crippen LogP contribution in [0.15, 0.2) is 0 Å². The van der Waals surface area contributed by atoms with Gasteiger partial charge in [-0.15, -0.1) is 0 Å². The Labute approximate surface area is 728 Å². The standard InChI is InChI=1S/C71H118N4O54/c1-16(83)72-31-20(87)5-71(70(109)110,129-57(31)35(89)21(88)6-76)113-15-30-39(93)47(101)51(105)67(122-30)124-55-26(11-81)119-63(34(44(55)98)75-19(4)86)128-60-48(102)38(92)24(9-79)117-69(60)127-59-41(95)29(121-68(53(59)107)125-56-27(12-82)118-62(33(43(56)97)74-18(3)85)123-54-25(10-80)114-61(108)32(42(54)96)73-17(2)84)14-112-65-52(106)58(126-66-50(104)46(100)37(91)23(8-78)116-66)40(94)28(120-65)13-111-64-49(103)45(99)36(90)22(7-77)115-64/h20-69,76-82,87-108H,5-15H2,1-4H3,(H,72,83)(H,73,84)(H,74,85)(H,75,86)(H,109,110)/t20-,21+,22+,23+,24+,25+,26+,27+,28+,29+,30+,31+,32+,33+,34+,35+,36+,37+,38+,39-,40+,41+,42+,43+,44+,45-,46-,47-,48-,49-,50-,51+,52-,53-,54+,55+,56+,57+,58-,59-,60-,61+,62-,63+,64-,65-,66+,67-,68-,69+,71+/m0/s1. The van der Waals surface area contributed by atoms with E-state index in [1.54, 1.807) is 0 Å². The summed E-state index contributed by atoms with van der Waals surface area (Å²) in [7, 11) is 0. The molecule has 0 aromatic heterocycles. The van der Waals surface area contributed by atoms with Crippen LogP contribution in [0.1, 0.15) is 34.1 Å². The van der Waals surface area contributed by atoms with Crippen LogP contribution in [0.3, 0.4) is 0 Å². The molecule has 0 radical (unpaired) electrons. The number of carbonyl (C=O) groups is 5. The Balaban J connectivity index is 0.960. The summed E-state index contributed by atoms with van der Waals surface area (Å²) in [6, 6.07) is -7.48. The Morgan fingerprint density at radius 1 is 0.318 bits per heavy atom. The van der Waals surface area contributed by atoms with Gasteiger partial charge in [0.15, 0.2) is 56.6 Å². The van der Waals surface area contributed by atoms with E-state index in [1.807, 2.05) is 0 Å². The van der Waals surface area contributed by atoms with Crippen molar-refractivity contribution < 1.29 is 267 Å². The van der Waals surface area contributed by atoms with Gasteiger partial charge in [-0.05, 0) is 0 Å². The van der Waals surface area contributed by atoms with Crippen LogP contribution < -0.4 is 21.3 Å². The van der Waals surface area contributed by atoms with Crippen molar-refractivity contribution in [2.75, 3.05) is 66.1 Å². The van der Waals surface area contributed by atoms with Crippen molar-refractivity contribution in [2.45, 2.75) is 347 Å². The molecule has 746 valence electrons. The first-order valence-electron chi connectivity index (χ1n) is 40.8. The number of aliphatic carboxylic acids is 1. The second kappa shape index (κ2) is 46.1. The SMILES string of the molecule is CC(=O)N[C@@H]1[C@@H](O)[C@H](O[C@@H]2O[C@H](CO)[C@@H](O[C@@H]3O[C@H](CO[C@H]4O[C@H](CO[C@H]5O[C@H](CO)[C@@H](O)[C@H](O)[C@@H]5O)[C@@H](O)[C@H](O[C@H]5O[C@H](CO)[C@@H](O)[C@H](O)[C@@H]5O)[C@@H]4O)[C@@H](O)[C@H](O[C@H]4O[C@H](CO)[C@@H](O)[C@H](O)[C@@H]4O[C@H]4O[C@H](CO)[C@@H](O[C@@H]5O[C@H](CO[C@]6(C(=O)O)C[C@H](O)[C@@H](NC(C)=O)[C@H]([C@H](O)[C@H](O)CO)O6)[C@H](O)[C@H](O)[C@H]5O)[C@H](O)[C@H]4NC(C)=O)[C@@H]3O)[C@H](O)[C@H]2NC(C)=O)[C@@H](CO)O[C@H]1O. The van der Waals surface area contributed by atoms with E-state index in [1.165, 1.54) is 0 Å². The van der Waals surface area contributed by atoms with Crippen LogP contribution in [-0.2, 0) is 114 Å². The fourth-order valence-corrected chi connectivity index (χ4v) is 16.4. The number of hydrogen-bond donors (Lipinski definition) is 34. The van der Waals surface area contributed by atoms with Gasteiger partial charge in [-0.1, -0.05) is 0 Å². The number of carbonyl (C=O) groups excluding carboxylic acids is 4. The molecule has 34 N–H and O–H groups in total. The molecule has 129 heavy (non-hydrogen) atoms. The Kier molecular flexibility index (Phi) is 38.0. The highest BCUT2D eigenvalue weighted by Crippen LogP contribution is 2.42. The van der Waals surface area contributed by atoms with Crippen molar-refractivity contribution in [2.24, 2.45) is 0 Å². The molecular weight excluding hydrogens is 1770 g/mol. The van der Waals surface area contributed by atoms with E-state index < -0.39 is 414 Å². The van der Waals surface area contributed by atoms with Gasteiger partial charge in [-0.3, -0.25) is 19.2 Å². The maximum Gasteiger partial charge on any atom is 0.364 e.